The van der Waals surface area contributed by atoms with Crippen LogP contribution in [0.2, 0.25) is 0 Å². The van der Waals surface area contributed by atoms with Crippen LogP contribution < -0.4 is 0 Å². The van der Waals surface area contributed by atoms with Gasteiger partial charge in [0, 0.05) is 11.8 Å². The SMILES string of the molecule is C[C@@H](C(=O)OP(O)(O)=S)N(C)C. The van der Waals surface area contributed by atoms with E-state index in [-0.39, 0.29) is 0 Å². The lowest BCUT2D eigenvalue weighted by Crippen LogP contribution is -2.33. The van der Waals surface area contributed by atoms with E-state index >= 15 is 0 Å². The van der Waals surface area contributed by atoms with E-state index in [1.165, 1.54) is 0 Å². The van der Waals surface area contributed by atoms with E-state index in [1.807, 2.05) is 0 Å². The number of likely N-dealkylation sites (N-methyl/N-ethyl adjacent to an activating group) is 1. The molecule has 0 bridgehead atoms. The minimum atomic E-state index is -3.86. The third-order valence-electron chi connectivity index (χ3n) is 1.32. The van der Waals surface area contributed by atoms with Gasteiger partial charge < -0.3 is 14.3 Å². The van der Waals surface area contributed by atoms with E-state index in [1.54, 1.807) is 25.9 Å². The van der Waals surface area contributed by atoms with E-state index < -0.39 is 18.7 Å². The first-order valence-electron chi connectivity index (χ1n) is 3.19. The molecule has 5 nitrogen and oxygen atoms in total. The number of nitrogens with zero attached hydrogens (tertiary/aromatic N) is 1. The van der Waals surface area contributed by atoms with Crippen LogP contribution in [0.3, 0.4) is 0 Å². The van der Waals surface area contributed by atoms with Gasteiger partial charge in [-0.25, -0.2) is 0 Å². The monoisotopic (exact) mass is 213 g/mol. The maximum absolute atomic E-state index is 11.0. The second-order valence-electron chi connectivity index (χ2n) is 2.54. The van der Waals surface area contributed by atoms with Crippen molar-refractivity contribution >= 4 is 24.5 Å². The topological polar surface area (TPSA) is 70.0 Å². The summed E-state index contributed by atoms with van der Waals surface area (Å²) < 4.78 is 4.22. The van der Waals surface area contributed by atoms with Gasteiger partial charge in [0.05, 0.1) is 0 Å². The lowest BCUT2D eigenvalue weighted by Gasteiger charge is -2.18. The Labute approximate surface area is 76.2 Å². The lowest BCUT2D eigenvalue weighted by atomic mass is 10.3. The first kappa shape index (κ1) is 12.0. The van der Waals surface area contributed by atoms with Gasteiger partial charge in [-0.1, -0.05) is 0 Å². The predicted molar refractivity (Wildman–Crippen MR) is 48.0 cm³/mol. The minimum Gasteiger partial charge on any atom is -0.390 e. The molecule has 0 amide bonds. The first-order chi connectivity index (χ1) is 5.24. The first-order valence-corrected chi connectivity index (χ1v) is 5.82. The maximum Gasteiger partial charge on any atom is 0.377 e. The normalized spacial score (nSPS) is 14.5. The van der Waals surface area contributed by atoms with E-state index in [9.17, 15) is 4.79 Å². The standard InChI is InChI=1S/C5H12NO4PS/c1-4(6(2)3)5(7)10-11(8,9)12/h4H,1-3H3,(H2,8,9,12)/t4-/m0/s1. The fraction of sp³-hybridized carbons (Fsp3) is 0.800. The molecule has 0 spiro atoms. The molecule has 72 valence electrons. The van der Waals surface area contributed by atoms with Crippen LogP contribution in [-0.4, -0.2) is 40.8 Å². The highest BCUT2D eigenvalue weighted by Crippen LogP contribution is 2.36. The van der Waals surface area contributed by atoms with Gasteiger partial charge in [0.15, 0.2) is 0 Å². The van der Waals surface area contributed by atoms with Crippen molar-refractivity contribution in [3.05, 3.63) is 0 Å². The molecule has 0 unspecified atom stereocenters. The summed E-state index contributed by atoms with van der Waals surface area (Å²) in [6, 6.07) is -0.536. The lowest BCUT2D eigenvalue weighted by molar-refractivity contribution is -0.139. The van der Waals surface area contributed by atoms with Crippen molar-refractivity contribution in [1.82, 2.24) is 4.90 Å². The van der Waals surface area contributed by atoms with Crippen LogP contribution in [0.5, 0.6) is 0 Å². The van der Waals surface area contributed by atoms with Crippen molar-refractivity contribution in [2.75, 3.05) is 14.1 Å². The second-order valence-corrected chi connectivity index (χ2v) is 5.13. The summed E-state index contributed by atoms with van der Waals surface area (Å²) in [6.07, 6.45) is 0. The fourth-order valence-electron chi connectivity index (χ4n) is 0.404. The highest BCUT2D eigenvalue weighted by molar-refractivity contribution is 8.06. The summed E-state index contributed by atoms with van der Waals surface area (Å²) in [4.78, 5) is 29.8. The average Bonchev–Trinajstić information content (AvgIpc) is 1.82. The van der Waals surface area contributed by atoms with Crippen LogP contribution in [-0.2, 0) is 21.1 Å². The van der Waals surface area contributed by atoms with Gasteiger partial charge in [-0.15, -0.1) is 0 Å². The summed E-state index contributed by atoms with van der Waals surface area (Å²) in [5.41, 5.74) is 0. The van der Waals surface area contributed by atoms with Crippen molar-refractivity contribution in [2.24, 2.45) is 0 Å². The average molecular weight is 213 g/mol. The van der Waals surface area contributed by atoms with E-state index in [0.29, 0.717) is 0 Å². The molecule has 0 saturated carbocycles. The fourth-order valence-corrected chi connectivity index (χ4v) is 1.01. The molecule has 0 aliphatic carbocycles. The number of carbonyl (C=O) groups excluding carboxylic acids is 1. The quantitative estimate of drug-likeness (QED) is 0.627. The van der Waals surface area contributed by atoms with Gasteiger partial charge >= 0.3 is 12.7 Å². The highest BCUT2D eigenvalue weighted by Gasteiger charge is 2.22. The third kappa shape index (κ3) is 4.79. The maximum atomic E-state index is 11.0. The number of rotatable bonds is 3. The molecule has 0 fully saturated rings. The van der Waals surface area contributed by atoms with Gasteiger partial charge in [0.1, 0.15) is 6.04 Å². The molecule has 0 aromatic carbocycles. The molecular weight excluding hydrogens is 201 g/mol. The number of hydrogen-bond acceptors (Lipinski definition) is 4. The Morgan fingerprint density at radius 1 is 1.58 bits per heavy atom. The van der Waals surface area contributed by atoms with Crippen LogP contribution in [0.4, 0.5) is 0 Å². The molecule has 0 rings (SSSR count). The molecule has 0 aliphatic rings. The summed E-state index contributed by atoms with van der Waals surface area (Å²) in [6.45, 7) is -2.28. The molecule has 0 saturated heterocycles. The molecule has 0 radical (unpaired) electrons. The molecule has 0 aromatic heterocycles. The van der Waals surface area contributed by atoms with Gasteiger partial charge in [0.2, 0.25) is 0 Å². The molecule has 7 heteroatoms. The summed E-state index contributed by atoms with van der Waals surface area (Å²) in [5.74, 6) is -0.728. The van der Waals surface area contributed by atoms with E-state index in [0.717, 1.165) is 0 Å². The molecule has 2 N–H and O–H groups in total. The van der Waals surface area contributed by atoms with Gasteiger partial charge in [0.25, 0.3) is 0 Å². The molecular formula is C5H12NO4PS. The second kappa shape index (κ2) is 4.30. The van der Waals surface area contributed by atoms with Crippen LogP contribution in [0.15, 0.2) is 0 Å². The van der Waals surface area contributed by atoms with Crippen molar-refractivity contribution < 1.29 is 19.1 Å². The zero-order valence-electron chi connectivity index (χ0n) is 7.09. The van der Waals surface area contributed by atoms with Gasteiger partial charge in [-0.05, 0) is 21.0 Å². The van der Waals surface area contributed by atoms with E-state index in [4.69, 9.17) is 9.79 Å². The molecule has 0 aromatic rings. The van der Waals surface area contributed by atoms with Crippen molar-refractivity contribution in [3.63, 3.8) is 0 Å². The van der Waals surface area contributed by atoms with Gasteiger partial charge in [-0.2, -0.15) is 0 Å². The van der Waals surface area contributed by atoms with E-state index in [2.05, 4.69) is 16.3 Å². The minimum absolute atomic E-state index is 0.536. The van der Waals surface area contributed by atoms with Crippen LogP contribution in [0.25, 0.3) is 0 Å². The Kier molecular flexibility index (Phi) is 4.30. The zero-order chi connectivity index (χ0) is 9.94. The van der Waals surface area contributed by atoms with Crippen LogP contribution in [0, 0.1) is 0 Å². The van der Waals surface area contributed by atoms with Crippen molar-refractivity contribution in [1.29, 1.82) is 0 Å². The zero-order valence-corrected chi connectivity index (χ0v) is 8.80. The Hall–Kier alpha value is -0.0000000000000000486. The largest absolute Gasteiger partial charge is 0.390 e. The molecule has 1 atom stereocenters. The van der Waals surface area contributed by atoms with Crippen molar-refractivity contribution in [3.8, 4) is 0 Å². The molecule has 0 heterocycles. The predicted octanol–water partition coefficient (Wildman–Crippen LogP) is -0.311. The summed E-state index contributed by atoms with van der Waals surface area (Å²) >= 11 is 4.13. The highest BCUT2D eigenvalue weighted by atomic mass is 32.5. The Bertz CT molecular complexity index is 213. The summed E-state index contributed by atoms with van der Waals surface area (Å²) in [7, 11) is 3.34. The Balaban J connectivity index is 4.15. The van der Waals surface area contributed by atoms with Crippen molar-refractivity contribution in [2.45, 2.75) is 13.0 Å². The van der Waals surface area contributed by atoms with Crippen LogP contribution >= 0.6 is 6.72 Å². The smallest absolute Gasteiger partial charge is 0.377 e. The summed E-state index contributed by atoms with van der Waals surface area (Å²) in [5, 5.41) is 0. The number of carbonyl (C=O) groups is 1. The van der Waals surface area contributed by atoms with Gasteiger partial charge in [-0.3, -0.25) is 9.69 Å². The van der Waals surface area contributed by atoms with Crippen LogP contribution in [0.1, 0.15) is 6.92 Å². The third-order valence-corrected chi connectivity index (χ3v) is 1.97. The molecule has 12 heavy (non-hydrogen) atoms. The molecule has 0 aliphatic heterocycles. The Morgan fingerprint density at radius 3 is 2.25 bits per heavy atom. The Morgan fingerprint density at radius 2 is 2.00 bits per heavy atom. The number of hydrogen-bond donors (Lipinski definition) is 2.